The molecule has 6 nitrogen and oxygen atoms in total. The van der Waals surface area contributed by atoms with Crippen LogP contribution in [0.1, 0.15) is 5.56 Å². The zero-order chi connectivity index (χ0) is 11.6. The maximum Gasteiger partial charge on any atom is 0.296 e. The van der Waals surface area contributed by atoms with Crippen molar-refractivity contribution in [3.8, 4) is 5.75 Å². The van der Waals surface area contributed by atoms with Crippen molar-refractivity contribution in [1.29, 1.82) is 0 Å². The second kappa shape index (κ2) is 4.05. The van der Waals surface area contributed by atoms with Crippen LogP contribution in [-0.2, 0) is 16.7 Å². The zero-order valence-electron chi connectivity index (χ0n) is 8.10. The first-order chi connectivity index (χ1) is 6.90. The summed E-state index contributed by atoms with van der Waals surface area (Å²) in [6, 6.07) is 2.51. The van der Waals surface area contributed by atoms with Gasteiger partial charge in [-0.15, -0.1) is 0 Å². The van der Waals surface area contributed by atoms with Crippen molar-refractivity contribution < 1.29 is 17.7 Å². The average molecular weight is 232 g/mol. The number of nitrogens with two attached hydrogens (primary N) is 2. The maximum atomic E-state index is 10.9. The summed E-state index contributed by atoms with van der Waals surface area (Å²) in [4.78, 5) is -0.378. The monoisotopic (exact) mass is 232 g/mol. The summed E-state index contributed by atoms with van der Waals surface area (Å²) < 4.78 is 35.6. The van der Waals surface area contributed by atoms with Crippen LogP contribution < -0.4 is 16.2 Å². The van der Waals surface area contributed by atoms with Crippen LogP contribution in [0.5, 0.6) is 5.75 Å². The van der Waals surface area contributed by atoms with E-state index in [0.717, 1.165) is 6.07 Å². The van der Waals surface area contributed by atoms with E-state index >= 15 is 0 Å². The minimum Gasteiger partial charge on any atom is -0.496 e. The summed E-state index contributed by atoms with van der Waals surface area (Å²) in [5, 5.41) is 0. The molecule has 0 heterocycles. The quantitative estimate of drug-likeness (QED) is 0.498. The summed E-state index contributed by atoms with van der Waals surface area (Å²) in [6.45, 7) is 0.166. The number of hydrogen-bond donors (Lipinski definition) is 3. The van der Waals surface area contributed by atoms with Gasteiger partial charge in [-0.2, -0.15) is 8.42 Å². The molecule has 0 radical (unpaired) electrons. The lowest BCUT2D eigenvalue weighted by atomic mass is 10.2. The van der Waals surface area contributed by atoms with Gasteiger partial charge >= 0.3 is 0 Å². The van der Waals surface area contributed by atoms with Crippen molar-refractivity contribution in [3.63, 3.8) is 0 Å². The molecule has 0 bridgehead atoms. The molecule has 15 heavy (non-hydrogen) atoms. The molecule has 1 aromatic rings. The number of anilines is 1. The van der Waals surface area contributed by atoms with E-state index in [1.165, 1.54) is 13.2 Å². The van der Waals surface area contributed by atoms with Gasteiger partial charge in [-0.25, -0.2) is 0 Å². The number of ether oxygens (including phenoxy) is 1. The Morgan fingerprint density at radius 2 is 2.07 bits per heavy atom. The highest BCUT2D eigenvalue weighted by molar-refractivity contribution is 7.86. The highest BCUT2D eigenvalue weighted by Crippen LogP contribution is 2.28. The Morgan fingerprint density at radius 1 is 1.47 bits per heavy atom. The molecule has 0 fully saturated rings. The molecule has 0 saturated heterocycles. The molecule has 0 aliphatic carbocycles. The van der Waals surface area contributed by atoms with Crippen molar-refractivity contribution in [1.82, 2.24) is 0 Å². The Morgan fingerprint density at radius 3 is 2.47 bits per heavy atom. The van der Waals surface area contributed by atoms with Crippen molar-refractivity contribution in [2.75, 3.05) is 12.8 Å². The van der Waals surface area contributed by atoms with Crippen LogP contribution in [0.2, 0.25) is 0 Å². The molecule has 1 aromatic carbocycles. The molecular formula is C8H12N2O4S. The molecule has 84 valence electrons. The van der Waals surface area contributed by atoms with Gasteiger partial charge in [-0.05, 0) is 6.07 Å². The van der Waals surface area contributed by atoms with Gasteiger partial charge in [0, 0.05) is 18.2 Å². The van der Waals surface area contributed by atoms with E-state index in [9.17, 15) is 8.42 Å². The van der Waals surface area contributed by atoms with E-state index in [4.69, 9.17) is 20.8 Å². The highest BCUT2D eigenvalue weighted by atomic mass is 32.2. The van der Waals surface area contributed by atoms with Crippen LogP contribution in [-0.4, -0.2) is 20.1 Å². The fourth-order valence-electron chi connectivity index (χ4n) is 1.20. The minimum absolute atomic E-state index is 0.0567. The standard InChI is InChI=1S/C8H12N2O4S/c1-14-7-3-8(15(11,12)13)6(10)2-5(7)4-9/h2-3H,4,9-10H2,1H3,(H,11,12,13). The van der Waals surface area contributed by atoms with Crippen LogP contribution >= 0.6 is 0 Å². The SMILES string of the molecule is COc1cc(S(=O)(=O)O)c(N)cc1CN. The van der Waals surface area contributed by atoms with Gasteiger partial charge in [0.25, 0.3) is 10.1 Å². The largest absolute Gasteiger partial charge is 0.496 e. The zero-order valence-corrected chi connectivity index (χ0v) is 8.91. The Bertz CT molecular complexity index is 470. The first-order valence-corrected chi connectivity index (χ1v) is 5.48. The van der Waals surface area contributed by atoms with Gasteiger partial charge in [0.15, 0.2) is 0 Å². The summed E-state index contributed by atoms with van der Waals surface area (Å²) in [7, 11) is -2.96. The molecule has 0 atom stereocenters. The number of rotatable bonds is 3. The Kier molecular flexibility index (Phi) is 3.18. The van der Waals surface area contributed by atoms with Crippen molar-refractivity contribution >= 4 is 15.8 Å². The second-order valence-corrected chi connectivity index (χ2v) is 4.27. The first-order valence-electron chi connectivity index (χ1n) is 4.04. The predicted octanol–water partition coefficient (Wildman–Crippen LogP) is -0.0172. The molecule has 0 spiro atoms. The van der Waals surface area contributed by atoms with Gasteiger partial charge in [-0.1, -0.05) is 0 Å². The minimum atomic E-state index is -4.34. The Labute approximate surface area is 87.6 Å². The second-order valence-electron chi connectivity index (χ2n) is 2.88. The molecule has 0 unspecified atom stereocenters. The van der Waals surface area contributed by atoms with Crippen LogP contribution in [0.3, 0.4) is 0 Å². The third-order valence-corrected chi connectivity index (χ3v) is 2.82. The van der Waals surface area contributed by atoms with Crippen molar-refractivity contribution in [2.24, 2.45) is 5.73 Å². The van der Waals surface area contributed by atoms with E-state index in [1.54, 1.807) is 0 Å². The lowest BCUT2D eigenvalue weighted by Crippen LogP contribution is -2.07. The summed E-state index contributed by atoms with van der Waals surface area (Å²) >= 11 is 0. The van der Waals surface area contributed by atoms with Gasteiger partial charge in [0.1, 0.15) is 10.6 Å². The van der Waals surface area contributed by atoms with Crippen molar-refractivity contribution in [3.05, 3.63) is 17.7 Å². The summed E-state index contributed by atoms with van der Waals surface area (Å²) in [5.74, 6) is 0.277. The van der Waals surface area contributed by atoms with E-state index in [0.29, 0.717) is 5.56 Å². The molecule has 0 aliphatic heterocycles. The van der Waals surface area contributed by atoms with Crippen molar-refractivity contribution in [2.45, 2.75) is 11.4 Å². The smallest absolute Gasteiger partial charge is 0.296 e. The molecule has 0 aliphatic rings. The summed E-state index contributed by atoms with van der Waals surface area (Å²) in [5.41, 5.74) is 11.4. The molecule has 0 amide bonds. The fourth-order valence-corrected chi connectivity index (χ4v) is 1.81. The van der Waals surface area contributed by atoms with E-state index in [1.807, 2.05) is 0 Å². The molecule has 0 saturated carbocycles. The van der Waals surface area contributed by atoms with Crippen LogP contribution in [0, 0.1) is 0 Å². The van der Waals surface area contributed by atoms with Gasteiger partial charge in [-0.3, -0.25) is 4.55 Å². The highest BCUT2D eigenvalue weighted by Gasteiger charge is 2.17. The van der Waals surface area contributed by atoms with E-state index in [2.05, 4.69) is 0 Å². The molecule has 0 aromatic heterocycles. The molecule has 1 rings (SSSR count). The maximum absolute atomic E-state index is 10.9. The van der Waals surface area contributed by atoms with E-state index in [-0.39, 0.29) is 22.9 Å². The lowest BCUT2D eigenvalue weighted by molar-refractivity contribution is 0.407. The Hall–Kier alpha value is -1.31. The normalized spacial score (nSPS) is 11.4. The fraction of sp³-hybridized carbons (Fsp3) is 0.250. The van der Waals surface area contributed by atoms with Crippen LogP contribution in [0.25, 0.3) is 0 Å². The van der Waals surface area contributed by atoms with Gasteiger partial charge in [0.05, 0.1) is 12.8 Å². The number of benzene rings is 1. The number of nitrogen functional groups attached to an aromatic ring is 1. The third-order valence-electron chi connectivity index (χ3n) is 1.91. The molecule has 7 heteroatoms. The lowest BCUT2D eigenvalue weighted by Gasteiger charge is -2.10. The van der Waals surface area contributed by atoms with Crippen LogP contribution in [0.15, 0.2) is 17.0 Å². The van der Waals surface area contributed by atoms with Crippen LogP contribution in [0.4, 0.5) is 5.69 Å². The third kappa shape index (κ3) is 2.38. The first kappa shape index (κ1) is 11.8. The Balaban J connectivity index is 3.46. The molecule has 5 N–H and O–H groups in total. The predicted molar refractivity (Wildman–Crippen MR) is 55.1 cm³/mol. The van der Waals surface area contributed by atoms with Gasteiger partial charge in [0.2, 0.25) is 0 Å². The van der Waals surface area contributed by atoms with E-state index < -0.39 is 10.1 Å². The molecular weight excluding hydrogens is 220 g/mol. The average Bonchev–Trinajstić information content (AvgIpc) is 2.15. The summed E-state index contributed by atoms with van der Waals surface area (Å²) in [6.07, 6.45) is 0. The topological polar surface area (TPSA) is 116 Å². The number of hydrogen-bond acceptors (Lipinski definition) is 5. The van der Waals surface area contributed by atoms with Gasteiger partial charge < -0.3 is 16.2 Å². The number of methoxy groups -OCH3 is 1.